The van der Waals surface area contributed by atoms with Gasteiger partial charge >= 0.3 is 0 Å². The topological polar surface area (TPSA) is 35.8 Å². The Morgan fingerprint density at radius 2 is 1.80 bits per heavy atom. The van der Waals surface area contributed by atoms with Crippen molar-refractivity contribution in [2.24, 2.45) is 4.99 Å². The monoisotopic (exact) mass is 330 g/mol. The van der Waals surface area contributed by atoms with Crippen molar-refractivity contribution in [1.29, 1.82) is 0 Å². The molecule has 0 bridgehead atoms. The highest BCUT2D eigenvalue weighted by Gasteiger charge is 2.21. The van der Waals surface area contributed by atoms with E-state index < -0.39 is 0 Å². The second kappa shape index (κ2) is 7.08. The molecule has 3 aromatic carbocycles. The van der Waals surface area contributed by atoms with Gasteiger partial charge in [0.1, 0.15) is 5.75 Å². The molecule has 4 rings (SSSR count). The molecule has 1 N–H and O–H groups in total. The van der Waals surface area contributed by atoms with E-state index in [9.17, 15) is 5.11 Å². The molecule has 3 heteroatoms. The molecule has 0 aromatic heterocycles. The Balaban J connectivity index is 1.47. The molecule has 0 aliphatic carbocycles. The number of likely N-dealkylation sites (tertiary alicyclic amines) is 1. The molecule has 1 atom stereocenters. The molecule has 1 aliphatic heterocycles. The van der Waals surface area contributed by atoms with Crippen molar-refractivity contribution < 1.29 is 5.11 Å². The molecule has 1 fully saturated rings. The van der Waals surface area contributed by atoms with Crippen LogP contribution in [0.4, 0.5) is 0 Å². The highest BCUT2D eigenvalue weighted by Crippen LogP contribution is 2.26. The minimum absolute atomic E-state index is 0.293. The van der Waals surface area contributed by atoms with E-state index in [4.69, 9.17) is 4.99 Å². The maximum absolute atomic E-state index is 10.2. The predicted molar refractivity (Wildman–Crippen MR) is 103 cm³/mol. The first kappa shape index (κ1) is 15.9. The zero-order valence-electron chi connectivity index (χ0n) is 14.2. The number of rotatable bonds is 4. The molecule has 1 saturated heterocycles. The molecule has 0 unspecified atom stereocenters. The minimum Gasteiger partial charge on any atom is -0.507 e. The van der Waals surface area contributed by atoms with Crippen LogP contribution in [0.3, 0.4) is 0 Å². The van der Waals surface area contributed by atoms with Crippen molar-refractivity contribution in [2.45, 2.75) is 19.0 Å². The van der Waals surface area contributed by atoms with E-state index in [1.165, 1.54) is 5.56 Å². The molecule has 3 nitrogen and oxygen atoms in total. The molecular weight excluding hydrogens is 308 g/mol. The Labute approximate surface area is 148 Å². The smallest absolute Gasteiger partial charge is 0.124 e. The maximum atomic E-state index is 10.2. The van der Waals surface area contributed by atoms with Gasteiger partial charge in [0.05, 0.1) is 6.04 Å². The fourth-order valence-electron chi connectivity index (χ4n) is 3.52. The summed E-state index contributed by atoms with van der Waals surface area (Å²) in [5, 5.41) is 12.4. The third-order valence-corrected chi connectivity index (χ3v) is 4.86. The van der Waals surface area contributed by atoms with Crippen LogP contribution in [-0.4, -0.2) is 35.4 Å². The molecule has 0 radical (unpaired) electrons. The molecule has 0 saturated carbocycles. The normalized spacial score (nSPS) is 18.3. The summed E-state index contributed by atoms with van der Waals surface area (Å²) in [6.45, 7) is 3.02. The van der Waals surface area contributed by atoms with Gasteiger partial charge in [0.15, 0.2) is 0 Å². The number of phenols is 1. The third-order valence-electron chi connectivity index (χ3n) is 4.86. The summed E-state index contributed by atoms with van der Waals surface area (Å²) in [5.41, 5.74) is 2.17. The molecule has 1 heterocycles. The average Bonchev–Trinajstić information content (AvgIpc) is 3.09. The van der Waals surface area contributed by atoms with E-state index in [1.807, 2.05) is 30.5 Å². The molecule has 126 valence electrons. The minimum atomic E-state index is 0.293. The average molecular weight is 330 g/mol. The van der Waals surface area contributed by atoms with Gasteiger partial charge in [-0.05, 0) is 28.8 Å². The van der Waals surface area contributed by atoms with Gasteiger partial charge in [-0.25, -0.2) is 0 Å². The van der Waals surface area contributed by atoms with Crippen molar-refractivity contribution >= 4 is 17.0 Å². The van der Waals surface area contributed by atoms with Crippen LogP contribution in [0.15, 0.2) is 71.7 Å². The van der Waals surface area contributed by atoms with Crippen LogP contribution >= 0.6 is 0 Å². The zero-order chi connectivity index (χ0) is 17.1. The Bertz CT molecular complexity index is 889. The van der Waals surface area contributed by atoms with E-state index in [2.05, 4.69) is 41.3 Å². The van der Waals surface area contributed by atoms with Crippen LogP contribution in [0.25, 0.3) is 10.8 Å². The summed E-state index contributed by atoms with van der Waals surface area (Å²) in [6, 6.07) is 22.7. The van der Waals surface area contributed by atoms with Gasteiger partial charge in [-0.3, -0.25) is 9.89 Å². The second-order valence-corrected chi connectivity index (χ2v) is 6.66. The number of aromatic hydroxyl groups is 1. The molecule has 25 heavy (non-hydrogen) atoms. The van der Waals surface area contributed by atoms with Crippen molar-refractivity contribution in [3.8, 4) is 5.75 Å². The summed E-state index contributed by atoms with van der Waals surface area (Å²) in [6.07, 6.45) is 2.92. The second-order valence-electron chi connectivity index (χ2n) is 6.66. The van der Waals surface area contributed by atoms with Crippen LogP contribution in [0.1, 0.15) is 17.5 Å². The lowest BCUT2D eigenvalue weighted by Gasteiger charge is -2.14. The van der Waals surface area contributed by atoms with Crippen molar-refractivity contribution in [3.05, 3.63) is 77.9 Å². The van der Waals surface area contributed by atoms with Gasteiger partial charge in [0, 0.05) is 31.4 Å². The Morgan fingerprint density at radius 3 is 2.68 bits per heavy atom. The van der Waals surface area contributed by atoms with Crippen LogP contribution in [0.5, 0.6) is 5.75 Å². The number of phenolic OH excluding ortho intramolecular Hbond substituents is 1. The molecule has 0 amide bonds. The lowest BCUT2D eigenvalue weighted by atomic mass is 10.0. The van der Waals surface area contributed by atoms with Gasteiger partial charge in [-0.15, -0.1) is 0 Å². The fourth-order valence-corrected chi connectivity index (χ4v) is 3.52. The van der Waals surface area contributed by atoms with Gasteiger partial charge in [0.25, 0.3) is 0 Å². The van der Waals surface area contributed by atoms with E-state index in [-0.39, 0.29) is 0 Å². The van der Waals surface area contributed by atoms with Crippen LogP contribution in [-0.2, 0) is 6.54 Å². The SMILES string of the molecule is Oc1ccc2ccccc2c1C=N[C@H]1CCN(Cc2ccccc2)C1. The number of hydrogen-bond acceptors (Lipinski definition) is 3. The highest BCUT2D eigenvalue weighted by molar-refractivity contribution is 6.02. The number of nitrogens with zero attached hydrogens (tertiary/aromatic N) is 2. The predicted octanol–water partition coefficient (Wildman–Crippen LogP) is 4.24. The van der Waals surface area contributed by atoms with Gasteiger partial charge in [-0.1, -0.05) is 60.7 Å². The van der Waals surface area contributed by atoms with Crippen molar-refractivity contribution in [2.75, 3.05) is 13.1 Å². The number of benzene rings is 3. The van der Waals surface area contributed by atoms with E-state index in [0.717, 1.165) is 42.4 Å². The Kier molecular flexibility index (Phi) is 4.49. The molecular formula is C22H22N2O. The van der Waals surface area contributed by atoms with E-state index in [1.54, 1.807) is 6.07 Å². The summed E-state index contributed by atoms with van der Waals surface area (Å²) in [5.74, 6) is 0.293. The zero-order valence-corrected chi connectivity index (χ0v) is 14.2. The number of fused-ring (bicyclic) bond motifs is 1. The molecule has 0 spiro atoms. The van der Waals surface area contributed by atoms with E-state index in [0.29, 0.717) is 11.8 Å². The van der Waals surface area contributed by atoms with Crippen molar-refractivity contribution in [3.63, 3.8) is 0 Å². The fraction of sp³-hybridized carbons (Fsp3) is 0.227. The largest absolute Gasteiger partial charge is 0.507 e. The van der Waals surface area contributed by atoms with Crippen LogP contribution < -0.4 is 0 Å². The maximum Gasteiger partial charge on any atom is 0.124 e. The van der Waals surface area contributed by atoms with Gasteiger partial charge in [-0.2, -0.15) is 0 Å². The summed E-state index contributed by atoms with van der Waals surface area (Å²) >= 11 is 0. The van der Waals surface area contributed by atoms with Gasteiger partial charge < -0.3 is 5.11 Å². The van der Waals surface area contributed by atoms with Crippen molar-refractivity contribution in [1.82, 2.24) is 4.90 Å². The highest BCUT2D eigenvalue weighted by atomic mass is 16.3. The van der Waals surface area contributed by atoms with Crippen LogP contribution in [0, 0.1) is 0 Å². The number of aliphatic imine (C=N–C) groups is 1. The third kappa shape index (κ3) is 3.57. The summed E-state index contributed by atoms with van der Waals surface area (Å²) < 4.78 is 0. The Morgan fingerprint density at radius 1 is 1.00 bits per heavy atom. The quantitative estimate of drug-likeness (QED) is 0.726. The first-order chi connectivity index (χ1) is 12.3. The van der Waals surface area contributed by atoms with E-state index >= 15 is 0 Å². The number of hydrogen-bond donors (Lipinski definition) is 1. The Hall–Kier alpha value is -2.65. The molecule has 3 aromatic rings. The van der Waals surface area contributed by atoms with Gasteiger partial charge in [0.2, 0.25) is 0 Å². The lowest BCUT2D eigenvalue weighted by Crippen LogP contribution is -2.21. The lowest BCUT2D eigenvalue weighted by molar-refractivity contribution is 0.327. The first-order valence-corrected chi connectivity index (χ1v) is 8.80. The summed E-state index contributed by atoms with van der Waals surface area (Å²) in [4.78, 5) is 7.21. The summed E-state index contributed by atoms with van der Waals surface area (Å²) in [7, 11) is 0. The first-order valence-electron chi connectivity index (χ1n) is 8.80. The molecule has 1 aliphatic rings. The van der Waals surface area contributed by atoms with Crippen LogP contribution in [0.2, 0.25) is 0 Å². The standard InChI is InChI=1S/C22H22N2O/c25-22-11-10-18-8-4-5-9-20(18)21(22)14-23-19-12-13-24(16-19)15-17-6-2-1-3-7-17/h1-11,14,19,25H,12-13,15-16H2/t19-/m0/s1.